The van der Waals surface area contributed by atoms with Crippen LogP contribution in [0.5, 0.6) is 0 Å². The first-order valence-electron chi connectivity index (χ1n) is 6.70. The van der Waals surface area contributed by atoms with E-state index in [1.54, 1.807) is 0 Å². The molecule has 0 aliphatic carbocycles. The van der Waals surface area contributed by atoms with Gasteiger partial charge in [0.1, 0.15) is 0 Å². The quantitative estimate of drug-likeness (QED) is 0.330. The molecule has 1 amide bonds. The van der Waals surface area contributed by atoms with Gasteiger partial charge in [0, 0.05) is 9.13 Å². The molecule has 0 heterocycles. The predicted octanol–water partition coefficient (Wildman–Crippen LogP) is 3.20. The largest absolute Gasteiger partial charge is 0.465 e. The van der Waals surface area contributed by atoms with Crippen LogP contribution in [0.15, 0.2) is 48.5 Å². The third kappa shape index (κ3) is 4.07. The highest BCUT2D eigenvalue weighted by atomic mass is 127. The van der Waals surface area contributed by atoms with Gasteiger partial charge in [0.05, 0.1) is 19.2 Å². The fraction of sp³-hybridized carbons (Fsp3) is 0.118. The summed E-state index contributed by atoms with van der Waals surface area (Å²) in [5.41, 5.74) is 1.59. The lowest BCUT2D eigenvalue weighted by molar-refractivity contribution is 0.0600. The second kappa shape index (κ2) is 7.74. The topological polar surface area (TPSA) is 70.4 Å². The lowest BCUT2D eigenvalue weighted by atomic mass is 10.1. The van der Waals surface area contributed by atoms with E-state index in [0.29, 0.717) is 11.1 Å². The third-order valence-electron chi connectivity index (χ3n) is 3.21. The average Bonchev–Trinajstić information content (AvgIpc) is 2.60. The summed E-state index contributed by atoms with van der Waals surface area (Å²) in [6.45, 7) is 0.202. The molecule has 6 heteroatoms. The zero-order valence-corrected chi connectivity index (χ0v) is 14.5. The number of amides is 1. The number of nitriles is 1. The Balaban J connectivity index is 2.19. The SMILES string of the molecule is COC(=O)c1ccc(C(=O)N(C#N)Cc2ccccc2I)cc1. The molecule has 0 aliphatic rings. The van der Waals surface area contributed by atoms with Gasteiger partial charge in [-0.2, -0.15) is 5.26 Å². The standard InChI is InChI=1S/C17H13IN2O3/c1-23-17(22)13-8-6-12(7-9-13)16(21)20(11-19)10-14-4-2-3-5-15(14)18/h2-9H,10H2,1H3. The number of ether oxygens (including phenoxy) is 1. The van der Waals surface area contributed by atoms with Crippen molar-refractivity contribution in [3.05, 3.63) is 68.8 Å². The van der Waals surface area contributed by atoms with Gasteiger partial charge in [0.15, 0.2) is 6.19 Å². The Morgan fingerprint density at radius 1 is 1.13 bits per heavy atom. The van der Waals surface area contributed by atoms with Gasteiger partial charge in [-0.1, -0.05) is 18.2 Å². The van der Waals surface area contributed by atoms with Gasteiger partial charge in [-0.25, -0.2) is 9.69 Å². The van der Waals surface area contributed by atoms with Gasteiger partial charge in [-0.15, -0.1) is 0 Å². The van der Waals surface area contributed by atoms with Gasteiger partial charge >= 0.3 is 5.97 Å². The predicted molar refractivity (Wildman–Crippen MR) is 92.4 cm³/mol. The molecule has 23 heavy (non-hydrogen) atoms. The Morgan fingerprint density at radius 3 is 2.30 bits per heavy atom. The number of carbonyl (C=O) groups excluding carboxylic acids is 2. The minimum Gasteiger partial charge on any atom is -0.465 e. The Kier molecular flexibility index (Phi) is 5.71. The van der Waals surface area contributed by atoms with Crippen LogP contribution in [0.1, 0.15) is 26.3 Å². The zero-order chi connectivity index (χ0) is 16.8. The van der Waals surface area contributed by atoms with Crippen LogP contribution < -0.4 is 0 Å². The molecule has 0 N–H and O–H groups in total. The van der Waals surface area contributed by atoms with Gasteiger partial charge < -0.3 is 4.74 Å². The summed E-state index contributed by atoms with van der Waals surface area (Å²) in [5.74, 6) is -0.886. The first kappa shape index (κ1) is 17.0. The van der Waals surface area contributed by atoms with Crippen LogP contribution in [0.4, 0.5) is 0 Å². The van der Waals surface area contributed by atoms with E-state index >= 15 is 0 Å². The molecule has 5 nitrogen and oxygen atoms in total. The van der Waals surface area contributed by atoms with Crippen molar-refractivity contribution < 1.29 is 14.3 Å². The zero-order valence-electron chi connectivity index (χ0n) is 12.3. The Labute approximate surface area is 147 Å². The van der Waals surface area contributed by atoms with Crippen molar-refractivity contribution in [1.29, 1.82) is 5.26 Å². The van der Waals surface area contributed by atoms with Crippen molar-refractivity contribution in [3.63, 3.8) is 0 Å². The number of halogens is 1. The van der Waals surface area contributed by atoms with Crippen molar-refractivity contribution in [3.8, 4) is 6.19 Å². The highest BCUT2D eigenvalue weighted by Gasteiger charge is 2.17. The van der Waals surface area contributed by atoms with Gasteiger partial charge in [0.2, 0.25) is 0 Å². The van der Waals surface area contributed by atoms with Gasteiger partial charge in [-0.05, 0) is 58.5 Å². The van der Waals surface area contributed by atoms with E-state index in [0.717, 1.165) is 14.0 Å². The van der Waals surface area contributed by atoms with E-state index in [2.05, 4.69) is 27.3 Å². The number of esters is 1. The van der Waals surface area contributed by atoms with E-state index in [9.17, 15) is 14.9 Å². The summed E-state index contributed by atoms with van der Waals surface area (Å²) in [6, 6.07) is 13.6. The molecule has 116 valence electrons. The maximum absolute atomic E-state index is 12.4. The lowest BCUT2D eigenvalue weighted by Crippen LogP contribution is -2.26. The number of hydrogen-bond acceptors (Lipinski definition) is 4. The molecule has 0 fully saturated rings. The molecule has 0 saturated heterocycles. The molecule has 0 radical (unpaired) electrons. The molecule has 2 aromatic rings. The minimum absolute atomic E-state index is 0.202. The Bertz CT molecular complexity index is 766. The third-order valence-corrected chi connectivity index (χ3v) is 4.26. The molecular formula is C17H13IN2O3. The highest BCUT2D eigenvalue weighted by Crippen LogP contribution is 2.16. The average molecular weight is 420 g/mol. The fourth-order valence-corrected chi connectivity index (χ4v) is 2.53. The summed E-state index contributed by atoms with van der Waals surface area (Å²) in [4.78, 5) is 24.9. The van der Waals surface area contributed by atoms with Crippen molar-refractivity contribution in [2.75, 3.05) is 7.11 Å². The summed E-state index contributed by atoms with van der Waals surface area (Å²) in [7, 11) is 1.29. The lowest BCUT2D eigenvalue weighted by Gasteiger charge is -2.15. The molecule has 0 atom stereocenters. The molecule has 0 saturated carbocycles. The number of nitrogens with zero attached hydrogens (tertiary/aromatic N) is 2. The van der Waals surface area contributed by atoms with Crippen LogP contribution in [-0.4, -0.2) is 23.9 Å². The molecule has 0 aliphatic heterocycles. The summed E-state index contributed by atoms with van der Waals surface area (Å²) >= 11 is 2.17. The van der Waals surface area contributed by atoms with Crippen LogP contribution in [0.3, 0.4) is 0 Å². The van der Waals surface area contributed by atoms with Crippen LogP contribution in [0, 0.1) is 15.0 Å². The second-order valence-electron chi connectivity index (χ2n) is 4.65. The van der Waals surface area contributed by atoms with Crippen molar-refractivity contribution in [2.24, 2.45) is 0 Å². The van der Waals surface area contributed by atoms with E-state index in [1.165, 1.54) is 31.4 Å². The molecule has 2 rings (SSSR count). The first-order chi connectivity index (χ1) is 11.1. The van der Waals surface area contributed by atoms with Crippen LogP contribution in [0.25, 0.3) is 0 Å². The summed E-state index contributed by atoms with van der Waals surface area (Å²) in [6.07, 6.45) is 1.91. The number of methoxy groups -OCH3 is 1. The smallest absolute Gasteiger partial charge is 0.337 e. The number of hydrogen-bond donors (Lipinski definition) is 0. The Morgan fingerprint density at radius 2 is 1.74 bits per heavy atom. The molecule has 0 unspecified atom stereocenters. The molecule has 0 bridgehead atoms. The Hall–Kier alpha value is -2.40. The van der Waals surface area contributed by atoms with Crippen molar-refractivity contribution in [2.45, 2.75) is 6.54 Å². The van der Waals surface area contributed by atoms with Gasteiger partial charge in [-0.3, -0.25) is 4.79 Å². The maximum atomic E-state index is 12.4. The first-order valence-corrected chi connectivity index (χ1v) is 7.78. The summed E-state index contributed by atoms with van der Waals surface area (Å²) in [5, 5.41) is 9.27. The normalized spacial score (nSPS) is 9.78. The molecule has 0 spiro atoms. The van der Waals surface area contributed by atoms with E-state index in [-0.39, 0.29) is 6.54 Å². The molecule has 0 aromatic heterocycles. The van der Waals surface area contributed by atoms with Crippen LogP contribution >= 0.6 is 22.6 Å². The highest BCUT2D eigenvalue weighted by molar-refractivity contribution is 14.1. The summed E-state index contributed by atoms with van der Waals surface area (Å²) < 4.78 is 5.60. The second-order valence-corrected chi connectivity index (χ2v) is 5.81. The molecular weight excluding hydrogens is 407 g/mol. The number of rotatable bonds is 4. The monoisotopic (exact) mass is 420 g/mol. The van der Waals surface area contributed by atoms with Crippen LogP contribution in [-0.2, 0) is 11.3 Å². The fourth-order valence-electron chi connectivity index (χ4n) is 1.97. The minimum atomic E-state index is -0.472. The maximum Gasteiger partial charge on any atom is 0.337 e. The number of benzene rings is 2. The van der Waals surface area contributed by atoms with Crippen molar-refractivity contribution in [1.82, 2.24) is 4.90 Å². The van der Waals surface area contributed by atoms with E-state index in [1.807, 2.05) is 30.5 Å². The van der Waals surface area contributed by atoms with E-state index in [4.69, 9.17) is 0 Å². The van der Waals surface area contributed by atoms with Crippen LogP contribution in [0.2, 0.25) is 0 Å². The van der Waals surface area contributed by atoms with E-state index < -0.39 is 11.9 Å². The molecule has 2 aromatic carbocycles. The number of carbonyl (C=O) groups is 2. The van der Waals surface area contributed by atoms with Crippen molar-refractivity contribution >= 4 is 34.5 Å². The van der Waals surface area contributed by atoms with Gasteiger partial charge in [0.25, 0.3) is 5.91 Å².